The van der Waals surface area contributed by atoms with Gasteiger partial charge in [0.1, 0.15) is 5.82 Å². The first-order chi connectivity index (χ1) is 13.8. The molecule has 0 radical (unpaired) electrons. The largest absolute Gasteiger partial charge is 0.322 e. The van der Waals surface area contributed by atoms with Crippen LogP contribution in [0.5, 0.6) is 0 Å². The minimum atomic E-state index is -0.380. The molecule has 0 aliphatic carbocycles. The lowest BCUT2D eigenvalue weighted by Gasteiger charge is -2.31. The van der Waals surface area contributed by atoms with Crippen LogP contribution in [-0.2, 0) is 7.05 Å². The van der Waals surface area contributed by atoms with Gasteiger partial charge in [0, 0.05) is 24.7 Å². The van der Waals surface area contributed by atoms with Crippen LogP contribution in [-0.4, -0.2) is 27.3 Å². The van der Waals surface area contributed by atoms with Gasteiger partial charge in [0.2, 0.25) is 0 Å². The van der Waals surface area contributed by atoms with Gasteiger partial charge in [0.25, 0.3) is 5.56 Å². The van der Waals surface area contributed by atoms with Crippen molar-refractivity contribution < 1.29 is 9.18 Å². The van der Waals surface area contributed by atoms with Crippen LogP contribution in [0, 0.1) is 11.7 Å². The molecule has 0 unspecified atom stereocenters. The lowest BCUT2D eigenvalue weighted by Crippen LogP contribution is -2.40. The Balaban J connectivity index is 2.00. The molecule has 0 aliphatic heterocycles. The number of hydrogen-bond acceptors (Lipinski definition) is 3. The summed E-state index contributed by atoms with van der Waals surface area (Å²) in [6.45, 7) is 6.44. The Bertz CT molecular complexity index is 1080. The van der Waals surface area contributed by atoms with Gasteiger partial charge >= 0.3 is 6.03 Å². The predicted octanol–water partition coefficient (Wildman–Crippen LogP) is 4.32. The summed E-state index contributed by atoms with van der Waals surface area (Å²) in [5, 5.41) is 8.58. The third-order valence-corrected chi connectivity index (χ3v) is 4.77. The number of aromatic nitrogens is 2. The number of halogens is 1. The first-order valence-corrected chi connectivity index (χ1v) is 9.57. The van der Waals surface area contributed by atoms with E-state index < -0.39 is 0 Å². The second kappa shape index (κ2) is 8.43. The Morgan fingerprint density at radius 3 is 2.34 bits per heavy atom. The first kappa shape index (κ1) is 20.5. The van der Waals surface area contributed by atoms with Gasteiger partial charge < -0.3 is 10.2 Å². The van der Waals surface area contributed by atoms with Gasteiger partial charge in [-0.3, -0.25) is 4.79 Å². The lowest BCUT2D eigenvalue weighted by atomic mass is 10.0. The molecule has 1 N–H and O–H groups in total. The van der Waals surface area contributed by atoms with Crippen molar-refractivity contribution in [2.45, 2.75) is 26.8 Å². The zero-order chi connectivity index (χ0) is 21.1. The zero-order valence-electron chi connectivity index (χ0n) is 17.0. The fourth-order valence-corrected chi connectivity index (χ4v) is 3.32. The van der Waals surface area contributed by atoms with Crippen molar-refractivity contribution in [2.75, 3.05) is 11.9 Å². The molecule has 2 aromatic carbocycles. The number of carbonyl (C=O) groups is 1. The molecule has 0 saturated carbocycles. The Hall–Kier alpha value is -3.22. The van der Waals surface area contributed by atoms with E-state index in [4.69, 9.17) is 0 Å². The van der Waals surface area contributed by atoms with E-state index in [1.54, 1.807) is 18.0 Å². The lowest BCUT2D eigenvalue weighted by molar-refractivity contribution is 0.182. The molecule has 0 bridgehead atoms. The maximum Gasteiger partial charge on any atom is 0.322 e. The SMILES string of the molecule is CC(C)CN(C(=O)Nc1ccc(F)cc1)[C@@H](C)c1nn(C)c(=O)c2ccccc12. The number of benzene rings is 2. The monoisotopic (exact) mass is 396 g/mol. The van der Waals surface area contributed by atoms with Gasteiger partial charge in [-0.1, -0.05) is 32.0 Å². The summed E-state index contributed by atoms with van der Waals surface area (Å²) in [6.07, 6.45) is 0. The molecular formula is C22H25FN4O2. The number of nitrogens with zero attached hydrogens (tertiary/aromatic N) is 3. The number of nitrogens with one attached hydrogen (secondary N) is 1. The smallest absolute Gasteiger partial charge is 0.316 e. The summed E-state index contributed by atoms with van der Waals surface area (Å²) in [5.41, 5.74) is 0.982. The van der Waals surface area contributed by atoms with Crippen molar-refractivity contribution in [3.63, 3.8) is 0 Å². The van der Waals surface area contributed by atoms with Crippen LogP contribution in [0.25, 0.3) is 10.8 Å². The van der Waals surface area contributed by atoms with Crippen LogP contribution >= 0.6 is 0 Å². The van der Waals surface area contributed by atoms with E-state index in [9.17, 15) is 14.0 Å². The predicted molar refractivity (Wildman–Crippen MR) is 112 cm³/mol. The quantitative estimate of drug-likeness (QED) is 0.698. The number of carbonyl (C=O) groups excluding carboxylic acids is 1. The van der Waals surface area contributed by atoms with E-state index in [-0.39, 0.29) is 29.4 Å². The van der Waals surface area contributed by atoms with E-state index >= 15 is 0 Å². The molecule has 6 nitrogen and oxygen atoms in total. The minimum absolute atomic E-state index is 0.178. The summed E-state index contributed by atoms with van der Waals surface area (Å²) in [5.74, 6) is -0.147. The highest BCUT2D eigenvalue weighted by Gasteiger charge is 2.26. The van der Waals surface area contributed by atoms with Gasteiger partial charge in [-0.05, 0) is 43.2 Å². The van der Waals surface area contributed by atoms with Crippen molar-refractivity contribution in [2.24, 2.45) is 13.0 Å². The fraction of sp³-hybridized carbons (Fsp3) is 0.318. The number of hydrogen-bond donors (Lipinski definition) is 1. The number of aryl methyl sites for hydroxylation is 1. The standard InChI is InChI=1S/C22H25FN4O2/c1-14(2)13-27(22(29)24-17-11-9-16(23)10-12-17)15(3)20-18-7-5-6-8-19(18)21(28)26(4)25-20/h5-12,14-15H,13H2,1-4H3,(H,24,29)/t15-/m0/s1. The zero-order valence-corrected chi connectivity index (χ0v) is 17.0. The number of fused-ring (bicyclic) bond motifs is 1. The van der Waals surface area contributed by atoms with Crippen molar-refractivity contribution in [1.29, 1.82) is 0 Å². The number of urea groups is 1. The average molecular weight is 396 g/mol. The number of anilines is 1. The second-order valence-corrected chi connectivity index (χ2v) is 7.52. The Morgan fingerprint density at radius 1 is 1.10 bits per heavy atom. The molecule has 3 aromatic rings. The van der Waals surface area contributed by atoms with E-state index in [0.717, 1.165) is 5.39 Å². The molecule has 0 aliphatic rings. The van der Waals surface area contributed by atoms with Gasteiger partial charge in [-0.25, -0.2) is 13.9 Å². The molecule has 0 saturated heterocycles. The third kappa shape index (κ3) is 4.45. The summed E-state index contributed by atoms with van der Waals surface area (Å²) >= 11 is 0. The van der Waals surface area contributed by atoms with Crippen LogP contribution in [0.1, 0.15) is 32.5 Å². The highest BCUT2D eigenvalue weighted by molar-refractivity contribution is 5.90. The van der Waals surface area contributed by atoms with Crippen LogP contribution < -0.4 is 10.9 Å². The molecule has 29 heavy (non-hydrogen) atoms. The molecule has 152 valence electrons. The van der Waals surface area contributed by atoms with Crippen LogP contribution in [0.2, 0.25) is 0 Å². The van der Waals surface area contributed by atoms with Crippen molar-refractivity contribution in [1.82, 2.24) is 14.7 Å². The molecule has 2 amide bonds. The highest BCUT2D eigenvalue weighted by atomic mass is 19.1. The minimum Gasteiger partial charge on any atom is -0.316 e. The molecule has 7 heteroatoms. The highest BCUT2D eigenvalue weighted by Crippen LogP contribution is 2.26. The van der Waals surface area contributed by atoms with Gasteiger partial charge in [0.05, 0.1) is 17.1 Å². The van der Waals surface area contributed by atoms with Crippen LogP contribution in [0.3, 0.4) is 0 Å². The summed E-state index contributed by atoms with van der Waals surface area (Å²) in [4.78, 5) is 27.2. The third-order valence-electron chi connectivity index (χ3n) is 4.77. The van der Waals surface area contributed by atoms with E-state index in [1.165, 1.54) is 28.9 Å². The second-order valence-electron chi connectivity index (χ2n) is 7.52. The number of rotatable bonds is 5. The number of amides is 2. The van der Waals surface area contributed by atoms with E-state index in [0.29, 0.717) is 23.3 Å². The van der Waals surface area contributed by atoms with Crippen LogP contribution in [0.4, 0.5) is 14.9 Å². The van der Waals surface area contributed by atoms with Crippen molar-refractivity contribution in [3.8, 4) is 0 Å². The maximum absolute atomic E-state index is 13.2. The fourth-order valence-electron chi connectivity index (χ4n) is 3.32. The van der Waals surface area contributed by atoms with Crippen LogP contribution in [0.15, 0.2) is 53.3 Å². The molecule has 0 fully saturated rings. The molecule has 0 spiro atoms. The van der Waals surface area contributed by atoms with Gasteiger partial charge in [-0.2, -0.15) is 5.10 Å². The molecule has 3 rings (SSSR count). The van der Waals surface area contributed by atoms with Gasteiger partial charge in [0.15, 0.2) is 0 Å². The topological polar surface area (TPSA) is 67.2 Å². The molecular weight excluding hydrogens is 371 g/mol. The normalized spacial score (nSPS) is 12.2. The first-order valence-electron chi connectivity index (χ1n) is 9.57. The molecule has 1 aromatic heterocycles. The van der Waals surface area contributed by atoms with Crippen molar-refractivity contribution in [3.05, 3.63) is 70.4 Å². The summed E-state index contributed by atoms with van der Waals surface area (Å²) < 4.78 is 14.5. The molecule has 1 atom stereocenters. The summed E-state index contributed by atoms with van der Waals surface area (Å²) in [6, 6.07) is 12.2. The molecule has 1 heterocycles. The average Bonchev–Trinajstić information content (AvgIpc) is 2.70. The Kier molecular flexibility index (Phi) is 5.96. The Morgan fingerprint density at radius 2 is 1.72 bits per heavy atom. The van der Waals surface area contributed by atoms with E-state index in [1.807, 2.05) is 39.0 Å². The van der Waals surface area contributed by atoms with Gasteiger partial charge in [-0.15, -0.1) is 0 Å². The summed E-state index contributed by atoms with van der Waals surface area (Å²) in [7, 11) is 1.61. The maximum atomic E-state index is 13.2. The van der Waals surface area contributed by atoms with Crippen molar-refractivity contribution >= 4 is 22.5 Å². The van der Waals surface area contributed by atoms with E-state index in [2.05, 4.69) is 10.4 Å². The Labute approximate surface area is 169 Å².